The molecule has 0 bridgehead atoms. The third kappa shape index (κ3) is 2.02. The maximum absolute atomic E-state index is 11.9. The molecule has 2 nitrogen and oxygen atoms in total. The van der Waals surface area contributed by atoms with Gasteiger partial charge in [-0.05, 0) is 53.6 Å². The first kappa shape index (κ1) is 10.9. The molecular weight excluding hydrogens is 301 g/mol. The van der Waals surface area contributed by atoms with Gasteiger partial charge in [0.05, 0.1) is 6.42 Å². The van der Waals surface area contributed by atoms with Crippen molar-refractivity contribution >= 4 is 28.5 Å². The van der Waals surface area contributed by atoms with Gasteiger partial charge in [-0.25, -0.2) is 0 Å². The van der Waals surface area contributed by atoms with Crippen molar-refractivity contribution in [1.29, 1.82) is 0 Å². The summed E-state index contributed by atoms with van der Waals surface area (Å²) in [5, 5.41) is 0. The van der Waals surface area contributed by atoms with Gasteiger partial charge in [-0.15, -0.1) is 0 Å². The summed E-state index contributed by atoms with van der Waals surface area (Å²) in [4.78, 5) is 13.8. The van der Waals surface area contributed by atoms with Gasteiger partial charge < -0.3 is 4.90 Å². The second-order valence-electron chi connectivity index (χ2n) is 4.17. The maximum Gasteiger partial charge on any atom is 0.227 e. The van der Waals surface area contributed by atoms with Crippen LogP contribution in [0.1, 0.15) is 25.0 Å². The molecule has 1 aromatic carbocycles. The van der Waals surface area contributed by atoms with Crippen molar-refractivity contribution in [2.75, 3.05) is 0 Å². The third-order valence-electron chi connectivity index (χ3n) is 2.83. The zero-order chi connectivity index (χ0) is 11.0. The van der Waals surface area contributed by atoms with Gasteiger partial charge in [-0.2, -0.15) is 0 Å². The van der Waals surface area contributed by atoms with Gasteiger partial charge >= 0.3 is 0 Å². The Hall–Kier alpha value is -0.580. The van der Waals surface area contributed by atoms with Crippen LogP contribution in [0.3, 0.4) is 0 Å². The molecule has 0 unspecified atom stereocenters. The Morgan fingerprint density at radius 1 is 1.40 bits per heavy atom. The lowest BCUT2D eigenvalue weighted by molar-refractivity contribution is -0.133. The van der Waals surface area contributed by atoms with E-state index in [0.717, 1.165) is 6.54 Å². The molecule has 80 valence electrons. The topological polar surface area (TPSA) is 20.3 Å². The van der Waals surface area contributed by atoms with Gasteiger partial charge in [0, 0.05) is 16.2 Å². The quantitative estimate of drug-likeness (QED) is 0.730. The first-order chi connectivity index (χ1) is 7.09. The summed E-state index contributed by atoms with van der Waals surface area (Å²) in [5.41, 5.74) is 2.52. The number of carbonyl (C=O) groups excluding carboxylic acids is 1. The number of fused-ring (bicyclic) bond motifs is 1. The van der Waals surface area contributed by atoms with E-state index >= 15 is 0 Å². The second-order valence-corrected chi connectivity index (χ2v) is 5.33. The predicted molar refractivity (Wildman–Crippen MR) is 68.5 cm³/mol. The Morgan fingerprint density at radius 3 is 2.80 bits per heavy atom. The van der Waals surface area contributed by atoms with Crippen molar-refractivity contribution in [2.45, 2.75) is 32.9 Å². The molecule has 2 rings (SSSR count). The van der Waals surface area contributed by atoms with Gasteiger partial charge in [0.1, 0.15) is 0 Å². The maximum atomic E-state index is 11.9. The lowest BCUT2D eigenvalue weighted by atomic mass is 9.98. The van der Waals surface area contributed by atoms with Crippen LogP contribution >= 0.6 is 22.6 Å². The fourth-order valence-electron chi connectivity index (χ4n) is 1.94. The van der Waals surface area contributed by atoms with Gasteiger partial charge in [0.25, 0.3) is 0 Å². The SMILES string of the molecule is CC(C)N1Cc2cccc(I)c2CC1=O. The van der Waals surface area contributed by atoms with E-state index in [1.54, 1.807) is 0 Å². The van der Waals surface area contributed by atoms with Crippen molar-refractivity contribution < 1.29 is 4.79 Å². The Bertz CT molecular complexity index is 401. The molecule has 1 aliphatic heterocycles. The van der Waals surface area contributed by atoms with Crippen LogP contribution in [0.2, 0.25) is 0 Å². The summed E-state index contributed by atoms with van der Waals surface area (Å²) >= 11 is 2.31. The molecule has 0 aliphatic carbocycles. The first-order valence-electron chi connectivity index (χ1n) is 5.15. The van der Waals surface area contributed by atoms with Crippen LogP contribution in [0, 0.1) is 3.57 Å². The standard InChI is InChI=1S/C12H14INO/c1-8(2)14-7-9-4-3-5-11(13)10(9)6-12(14)15/h3-5,8H,6-7H2,1-2H3. The van der Waals surface area contributed by atoms with Gasteiger partial charge in [-0.1, -0.05) is 12.1 Å². The molecule has 1 heterocycles. The number of nitrogens with zero attached hydrogens (tertiary/aromatic N) is 1. The van der Waals surface area contributed by atoms with Crippen LogP contribution in [-0.2, 0) is 17.8 Å². The Morgan fingerprint density at radius 2 is 2.13 bits per heavy atom. The molecule has 0 atom stereocenters. The lowest BCUT2D eigenvalue weighted by Gasteiger charge is -2.32. The van der Waals surface area contributed by atoms with Crippen molar-refractivity contribution in [3.63, 3.8) is 0 Å². The zero-order valence-corrected chi connectivity index (χ0v) is 11.1. The highest BCUT2D eigenvalue weighted by Gasteiger charge is 2.25. The molecule has 0 aromatic heterocycles. The average Bonchev–Trinajstić information content (AvgIpc) is 2.18. The monoisotopic (exact) mass is 315 g/mol. The van der Waals surface area contributed by atoms with Crippen molar-refractivity contribution in [1.82, 2.24) is 4.90 Å². The molecule has 0 fully saturated rings. The molecule has 1 aliphatic rings. The van der Waals surface area contributed by atoms with E-state index in [0.29, 0.717) is 12.5 Å². The first-order valence-corrected chi connectivity index (χ1v) is 6.23. The highest BCUT2D eigenvalue weighted by Crippen LogP contribution is 2.25. The Labute approximate surface area is 104 Å². The molecule has 0 N–H and O–H groups in total. The van der Waals surface area contributed by atoms with E-state index in [1.165, 1.54) is 14.7 Å². The Kier molecular flexibility index (Phi) is 3.00. The second kappa shape index (κ2) is 4.12. The minimum Gasteiger partial charge on any atom is -0.336 e. The van der Waals surface area contributed by atoms with Crippen molar-refractivity contribution in [3.05, 3.63) is 32.9 Å². The number of hydrogen-bond acceptors (Lipinski definition) is 1. The van der Waals surface area contributed by atoms with Crippen molar-refractivity contribution in [3.8, 4) is 0 Å². The zero-order valence-electron chi connectivity index (χ0n) is 8.96. The molecular formula is C12H14INO. The van der Waals surface area contributed by atoms with Crippen LogP contribution in [0.15, 0.2) is 18.2 Å². The summed E-state index contributed by atoms with van der Waals surface area (Å²) in [6, 6.07) is 6.55. The fourth-order valence-corrected chi connectivity index (χ4v) is 2.69. The van der Waals surface area contributed by atoms with Crippen LogP contribution < -0.4 is 0 Å². The number of amides is 1. The largest absolute Gasteiger partial charge is 0.336 e. The van der Waals surface area contributed by atoms with Gasteiger partial charge in [0.2, 0.25) is 5.91 Å². The lowest BCUT2D eigenvalue weighted by Crippen LogP contribution is -2.41. The molecule has 0 radical (unpaired) electrons. The Balaban J connectivity index is 2.38. The summed E-state index contributed by atoms with van der Waals surface area (Å²) in [5.74, 6) is 0.251. The number of hydrogen-bond donors (Lipinski definition) is 0. The van der Waals surface area contributed by atoms with Crippen LogP contribution in [0.25, 0.3) is 0 Å². The van der Waals surface area contributed by atoms with Crippen LogP contribution in [0.4, 0.5) is 0 Å². The highest BCUT2D eigenvalue weighted by molar-refractivity contribution is 14.1. The predicted octanol–water partition coefficient (Wildman–Crippen LogP) is 2.58. The number of carbonyl (C=O) groups is 1. The average molecular weight is 315 g/mol. The van der Waals surface area contributed by atoms with Crippen LogP contribution in [-0.4, -0.2) is 16.8 Å². The molecule has 0 spiro atoms. The van der Waals surface area contributed by atoms with E-state index in [4.69, 9.17) is 0 Å². The van der Waals surface area contributed by atoms with E-state index in [9.17, 15) is 4.79 Å². The summed E-state index contributed by atoms with van der Waals surface area (Å²) in [6.07, 6.45) is 0.562. The molecule has 1 amide bonds. The number of rotatable bonds is 1. The van der Waals surface area contributed by atoms with E-state index in [-0.39, 0.29) is 5.91 Å². The minimum atomic E-state index is 0.251. The normalized spacial score (nSPS) is 15.7. The smallest absolute Gasteiger partial charge is 0.227 e. The van der Waals surface area contributed by atoms with E-state index in [1.807, 2.05) is 4.90 Å². The number of halogens is 1. The molecule has 0 saturated heterocycles. The van der Waals surface area contributed by atoms with Gasteiger partial charge in [-0.3, -0.25) is 4.79 Å². The van der Waals surface area contributed by atoms with E-state index in [2.05, 4.69) is 54.6 Å². The molecule has 1 aromatic rings. The molecule has 15 heavy (non-hydrogen) atoms. The third-order valence-corrected chi connectivity index (χ3v) is 3.84. The summed E-state index contributed by atoms with van der Waals surface area (Å²) in [6.45, 7) is 4.90. The summed E-state index contributed by atoms with van der Waals surface area (Å²) in [7, 11) is 0. The van der Waals surface area contributed by atoms with Gasteiger partial charge in [0.15, 0.2) is 0 Å². The molecule has 3 heteroatoms. The number of benzene rings is 1. The minimum absolute atomic E-state index is 0.251. The highest BCUT2D eigenvalue weighted by atomic mass is 127. The van der Waals surface area contributed by atoms with Crippen LogP contribution in [0.5, 0.6) is 0 Å². The molecule has 0 saturated carbocycles. The fraction of sp³-hybridized carbons (Fsp3) is 0.417. The summed E-state index contributed by atoms with van der Waals surface area (Å²) < 4.78 is 1.21. The van der Waals surface area contributed by atoms with Crippen molar-refractivity contribution in [2.24, 2.45) is 0 Å². The van der Waals surface area contributed by atoms with E-state index < -0.39 is 0 Å².